The fraction of sp³-hybridized carbons (Fsp3) is 0.455. The van der Waals surface area contributed by atoms with Gasteiger partial charge in [0.25, 0.3) is 0 Å². The zero-order valence-electron chi connectivity index (χ0n) is 10.0. The van der Waals surface area contributed by atoms with Gasteiger partial charge in [0.2, 0.25) is 5.88 Å². The lowest BCUT2D eigenvalue weighted by molar-refractivity contribution is -0.139. The Bertz CT molecular complexity index is 459. The number of nitrogens with one attached hydrogen (secondary N) is 1. The van der Waals surface area contributed by atoms with Crippen molar-refractivity contribution in [2.75, 3.05) is 13.7 Å². The van der Waals surface area contributed by atoms with Crippen molar-refractivity contribution in [1.29, 1.82) is 0 Å². The van der Waals surface area contributed by atoms with Crippen molar-refractivity contribution in [2.45, 2.75) is 13.0 Å². The van der Waals surface area contributed by atoms with Gasteiger partial charge in [0.15, 0.2) is 0 Å². The summed E-state index contributed by atoms with van der Waals surface area (Å²) in [5.41, 5.74) is 1.10. The van der Waals surface area contributed by atoms with E-state index >= 15 is 0 Å². The summed E-state index contributed by atoms with van der Waals surface area (Å²) in [7, 11) is 3.16. The first-order valence-electron chi connectivity index (χ1n) is 5.00. The number of carbonyl (C=O) groups is 1. The van der Waals surface area contributed by atoms with Crippen LogP contribution in [-0.4, -0.2) is 34.5 Å². The zero-order chi connectivity index (χ0) is 13.0. The second-order valence-corrected chi connectivity index (χ2v) is 3.49. The summed E-state index contributed by atoms with van der Waals surface area (Å²) < 4.78 is 6.65. The maximum absolute atomic E-state index is 11.2. The normalized spacial score (nSPS) is 11.9. The number of rotatable bonds is 5. The van der Waals surface area contributed by atoms with Crippen LogP contribution in [0.2, 0.25) is 0 Å². The fourth-order valence-electron chi connectivity index (χ4n) is 1.70. The van der Waals surface area contributed by atoms with E-state index in [1.165, 1.54) is 11.8 Å². The highest BCUT2D eigenvalue weighted by molar-refractivity contribution is 5.77. The lowest BCUT2D eigenvalue weighted by Crippen LogP contribution is -2.29. The van der Waals surface area contributed by atoms with Crippen LogP contribution in [0, 0.1) is 19.3 Å². The topological polar surface area (TPSA) is 76.4 Å². The summed E-state index contributed by atoms with van der Waals surface area (Å²) in [6.45, 7) is 1.89. The van der Waals surface area contributed by atoms with E-state index in [4.69, 9.17) is 11.2 Å². The van der Waals surface area contributed by atoms with Crippen LogP contribution in [0.4, 0.5) is 0 Å². The quantitative estimate of drug-likeness (QED) is 0.709. The standard InChI is InChI=1S/C11H15N3O3/c1-5-6-12-9(11(15)16)8-7(2)13-14(3)10(8)17-4/h1,9,12H,6H2,2-4H3,(H,15,16). The Hall–Kier alpha value is -2.00. The molecule has 0 aromatic carbocycles. The molecule has 0 saturated heterocycles. The average molecular weight is 237 g/mol. The Morgan fingerprint density at radius 1 is 1.76 bits per heavy atom. The van der Waals surface area contributed by atoms with E-state index in [1.54, 1.807) is 14.0 Å². The van der Waals surface area contributed by atoms with Gasteiger partial charge < -0.3 is 9.84 Å². The van der Waals surface area contributed by atoms with Gasteiger partial charge in [-0.2, -0.15) is 5.10 Å². The monoisotopic (exact) mass is 237 g/mol. The van der Waals surface area contributed by atoms with Crippen molar-refractivity contribution in [2.24, 2.45) is 7.05 Å². The molecular formula is C11H15N3O3. The van der Waals surface area contributed by atoms with E-state index in [0.29, 0.717) is 17.1 Å². The molecule has 2 N–H and O–H groups in total. The lowest BCUT2D eigenvalue weighted by atomic mass is 10.1. The van der Waals surface area contributed by atoms with E-state index in [1.807, 2.05) is 0 Å². The van der Waals surface area contributed by atoms with Crippen molar-refractivity contribution in [3.05, 3.63) is 11.3 Å². The first-order chi connectivity index (χ1) is 8.02. The van der Waals surface area contributed by atoms with Gasteiger partial charge in [-0.3, -0.25) is 10.1 Å². The van der Waals surface area contributed by atoms with Gasteiger partial charge in [-0.05, 0) is 6.92 Å². The largest absolute Gasteiger partial charge is 0.481 e. The highest BCUT2D eigenvalue weighted by Gasteiger charge is 2.28. The molecular weight excluding hydrogens is 222 g/mol. The van der Waals surface area contributed by atoms with E-state index in [0.717, 1.165) is 0 Å². The molecule has 0 aliphatic heterocycles. The molecule has 0 spiro atoms. The minimum atomic E-state index is -1.02. The van der Waals surface area contributed by atoms with Crippen LogP contribution in [0.25, 0.3) is 0 Å². The Kier molecular flexibility index (Phi) is 4.12. The van der Waals surface area contributed by atoms with E-state index < -0.39 is 12.0 Å². The van der Waals surface area contributed by atoms with Crippen molar-refractivity contribution in [3.8, 4) is 18.2 Å². The third-order valence-corrected chi connectivity index (χ3v) is 2.35. The predicted molar refractivity (Wildman–Crippen MR) is 61.7 cm³/mol. The third-order valence-electron chi connectivity index (χ3n) is 2.35. The van der Waals surface area contributed by atoms with Gasteiger partial charge in [0.1, 0.15) is 6.04 Å². The number of carboxylic acids is 1. The number of carboxylic acid groups (broad SMARTS) is 1. The maximum Gasteiger partial charge on any atom is 0.325 e. The van der Waals surface area contributed by atoms with E-state index in [9.17, 15) is 9.90 Å². The number of terminal acetylenes is 1. The molecule has 0 bridgehead atoms. The SMILES string of the molecule is C#CCNC(C(=O)O)c1c(C)nn(C)c1OC. The van der Waals surface area contributed by atoms with E-state index in [2.05, 4.69) is 16.3 Å². The molecule has 17 heavy (non-hydrogen) atoms. The molecule has 0 aliphatic carbocycles. The summed E-state index contributed by atoms with van der Waals surface area (Å²) in [4.78, 5) is 11.2. The Labute approximate surface area is 99.6 Å². The Morgan fingerprint density at radius 2 is 2.41 bits per heavy atom. The Morgan fingerprint density at radius 3 is 2.88 bits per heavy atom. The second-order valence-electron chi connectivity index (χ2n) is 3.49. The molecule has 0 fully saturated rings. The van der Waals surface area contributed by atoms with Crippen LogP contribution in [0.3, 0.4) is 0 Å². The van der Waals surface area contributed by atoms with Gasteiger partial charge in [-0.15, -0.1) is 6.42 Å². The number of hydrogen-bond acceptors (Lipinski definition) is 4. The number of hydrogen-bond donors (Lipinski definition) is 2. The van der Waals surface area contributed by atoms with Crippen LogP contribution >= 0.6 is 0 Å². The smallest absolute Gasteiger partial charge is 0.325 e. The summed E-state index contributed by atoms with van der Waals surface area (Å²) in [5.74, 6) is 1.74. The van der Waals surface area contributed by atoms with Crippen LogP contribution in [0.5, 0.6) is 5.88 Å². The molecule has 6 nitrogen and oxygen atoms in total. The molecule has 0 radical (unpaired) electrons. The number of aliphatic carboxylic acids is 1. The second kappa shape index (κ2) is 5.37. The van der Waals surface area contributed by atoms with Crippen molar-refractivity contribution in [3.63, 3.8) is 0 Å². The highest BCUT2D eigenvalue weighted by atomic mass is 16.5. The first-order valence-corrected chi connectivity index (χ1v) is 5.00. The van der Waals surface area contributed by atoms with Crippen molar-refractivity contribution < 1.29 is 14.6 Å². The summed E-state index contributed by atoms with van der Waals surface area (Å²) in [6, 6.07) is -0.922. The minimum absolute atomic E-state index is 0.161. The first kappa shape index (κ1) is 13.1. The van der Waals surface area contributed by atoms with Gasteiger partial charge in [0.05, 0.1) is 24.9 Å². The number of methoxy groups -OCH3 is 1. The molecule has 1 rings (SSSR count). The fourth-order valence-corrected chi connectivity index (χ4v) is 1.70. The number of nitrogens with zero attached hydrogens (tertiary/aromatic N) is 2. The number of aryl methyl sites for hydroxylation is 2. The minimum Gasteiger partial charge on any atom is -0.481 e. The summed E-state index contributed by atoms with van der Waals surface area (Å²) in [5, 5.41) is 16.1. The van der Waals surface area contributed by atoms with Crippen LogP contribution in [0.15, 0.2) is 0 Å². The molecule has 1 atom stereocenters. The van der Waals surface area contributed by atoms with Crippen LogP contribution < -0.4 is 10.1 Å². The summed E-state index contributed by atoms with van der Waals surface area (Å²) >= 11 is 0. The van der Waals surface area contributed by atoms with Gasteiger partial charge in [-0.1, -0.05) is 5.92 Å². The zero-order valence-corrected chi connectivity index (χ0v) is 10.0. The van der Waals surface area contributed by atoms with Crippen molar-refractivity contribution in [1.82, 2.24) is 15.1 Å². The molecule has 1 unspecified atom stereocenters. The highest BCUT2D eigenvalue weighted by Crippen LogP contribution is 2.27. The van der Waals surface area contributed by atoms with Gasteiger partial charge in [0, 0.05) is 7.05 Å². The molecule has 0 saturated carbocycles. The molecule has 0 aliphatic rings. The third kappa shape index (κ3) is 2.57. The molecule has 6 heteroatoms. The molecule has 1 heterocycles. The predicted octanol–water partition coefficient (Wildman–Crippen LogP) is 0.0856. The van der Waals surface area contributed by atoms with Gasteiger partial charge >= 0.3 is 5.97 Å². The molecule has 1 aromatic heterocycles. The molecule has 0 amide bonds. The van der Waals surface area contributed by atoms with Gasteiger partial charge in [-0.25, -0.2) is 4.68 Å². The van der Waals surface area contributed by atoms with E-state index in [-0.39, 0.29) is 6.54 Å². The number of ether oxygens (including phenoxy) is 1. The number of aromatic nitrogens is 2. The lowest BCUT2D eigenvalue weighted by Gasteiger charge is -2.13. The van der Waals surface area contributed by atoms with Crippen molar-refractivity contribution >= 4 is 5.97 Å². The Balaban J connectivity index is 3.18. The van der Waals surface area contributed by atoms with Crippen LogP contribution in [-0.2, 0) is 11.8 Å². The van der Waals surface area contributed by atoms with Crippen LogP contribution in [0.1, 0.15) is 17.3 Å². The maximum atomic E-state index is 11.2. The summed E-state index contributed by atoms with van der Waals surface area (Å²) in [6.07, 6.45) is 5.11. The molecule has 1 aromatic rings. The average Bonchev–Trinajstić information content (AvgIpc) is 2.54. The molecule has 92 valence electrons.